The van der Waals surface area contributed by atoms with Crippen LogP contribution in [0.4, 0.5) is 5.82 Å². The summed E-state index contributed by atoms with van der Waals surface area (Å²) in [4.78, 5) is 8.98. The summed E-state index contributed by atoms with van der Waals surface area (Å²) in [5.41, 5.74) is 1.03. The van der Waals surface area contributed by atoms with Crippen molar-refractivity contribution in [3.8, 4) is 0 Å². The molecule has 0 saturated heterocycles. The molecule has 1 rings (SSSR count). The maximum Gasteiger partial charge on any atom is 0.136 e. The Labute approximate surface area is 92.3 Å². The average molecular weight is 207 g/mol. The Bertz CT molecular complexity index is 326. The van der Waals surface area contributed by atoms with Crippen molar-refractivity contribution in [1.29, 1.82) is 0 Å². The number of anilines is 1. The lowest BCUT2D eigenvalue weighted by molar-refractivity contribution is 0.543. The SMILES string of the molecule is CCCNc1cc(C)nc(C(C)(C)C)n1. The molecule has 0 atom stereocenters. The van der Waals surface area contributed by atoms with E-state index in [0.29, 0.717) is 0 Å². The normalized spacial score (nSPS) is 11.5. The molecule has 0 unspecified atom stereocenters. The Morgan fingerprint density at radius 3 is 2.47 bits per heavy atom. The molecule has 0 aliphatic heterocycles. The van der Waals surface area contributed by atoms with Gasteiger partial charge in [0.1, 0.15) is 11.6 Å². The van der Waals surface area contributed by atoms with Crippen LogP contribution >= 0.6 is 0 Å². The summed E-state index contributed by atoms with van der Waals surface area (Å²) in [6.07, 6.45) is 1.11. The van der Waals surface area contributed by atoms with E-state index in [1.54, 1.807) is 0 Å². The lowest BCUT2D eigenvalue weighted by atomic mass is 9.95. The number of aryl methyl sites for hydroxylation is 1. The highest BCUT2D eigenvalue weighted by molar-refractivity contribution is 5.36. The van der Waals surface area contributed by atoms with E-state index < -0.39 is 0 Å². The second-order valence-electron chi connectivity index (χ2n) is 4.89. The second-order valence-corrected chi connectivity index (χ2v) is 4.89. The summed E-state index contributed by atoms with van der Waals surface area (Å²) < 4.78 is 0. The summed E-state index contributed by atoms with van der Waals surface area (Å²) in [5.74, 6) is 1.84. The lowest BCUT2D eigenvalue weighted by Crippen LogP contribution is -2.18. The molecule has 0 fully saturated rings. The monoisotopic (exact) mass is 207 g/mol. The van der Waals surface area contributed by atoms with Crippen LogP contribution < -0.4 is 5.32 Å². The molecule has 0 aliphatic carbocycles. The van der Waals surface area contributed by atoms with Gasteiger partial charge in [0.25, 0.3) is 0 Å². The zero-order valence-corrected chi connectivity index (χ0v) is 10.4. The second kappa shape index (κ2) is 4.60. The summed E-state index contributed by atoms with van der Waals surface area (Å²) >= 11 is 0. The van der Waals surface area contributed by atoms with Crippen LogP contribution in [0.3, 0.4) is 0 Å². The summed E-state index contributed by atoms with van der Waals surface area (Å²) in [6.45, 7) is 11.5. The first-order chi connectivity index (χ1) is 6.93. The van der Waals surface area contributed by atoms with Crippen molar-refractivity contribution in [2.45, 2.75) is 46.5 Å². The smallest absolute Gasteiger partial charge is 0.136 e. The van der Waals surface area contributed by atoms with Crippen LogP contribution in [0.25, 0.3) is 0 Å². The summed E-state index contributed by atoms with van der Waals surface area (Å²) in [6, 6.07) is 1.99. The largest absolute Gasteiger partial charge is 0.370 e. The van der Waals surface area contributed by atoms with Crippen molar-refractivity contribution in [2.24, 2.45) is 0 Å². The third kappa shape index (κ3) is 3.50. The maximum atomic E-state index is 4.52. The van der Waals surface area contributed by atoms with Gasteiger partial charge in [0.2, 0.25) is 0 Å². The molecule has 1 aromatic rings. The van der Waals surface area contributed by atoms with Crippen LogP contribution in [0.15, 0.2) is 6.07 Å². The van der Waals surface area contributed by atoms with Crippen LogP contribution in [0.2, 0.25) is 0 Å². The van der Waals surface area contributed by atoms with E-state index in [2.05, 4.69) is 43.0 Å². The number of hydrogen-bond donors (Lipinski definition) is 1. The van der Waals surface area contributed by atoms with Gasteiger partial charge in [-0.05, 0) is 13.3 Å². The van der Waals surface area contributed by atoms with E-state index in [9.17, 15) is 0 Å². The molecule has 0 bridgehead atoms. The standard InChI is InChI=1S/C12H21N3/c1-6-7-13-10-8-9(2)14-11(15-10)12(3,4)5/h8H,6-7H2,1-5H3,(H,13,14,15). The molecule has 0 amide bonds. The first-order valence-electron chi connectivity index (χ1n) is 5.53. The van der Waals surface area contributed by atoms with Crippen molar-refractivity contribution >= 4 is 5.82 Å². The van der Waals surface area contributed by atoms with Gasteiger partial charge in [-0.2, -0.15) is 0 Å². The molecular weight excluding hydrogens is 186 g/mol. The number of rotatable bonds is 3. The summed E-state index contributed by atoms with van der Waals surface area (Å²) in [7, 11) is 0. The van der Waals surface area contributed by atoms with Crippen molar-refractivity contribution in [1.82, 2.24) is 9.97 Å². The zero-order chi connectivity index (χ0) is 11.5. The molecule has 1 N–H and O–H groups in total. The Morgan fingerprint density at radius 1 is 1.27 bits per heavy atom. The van der Waals surface area contributed by atoms with Crippen molar-refractivity contribution in [3.63, 3.8) is 0 Å². The van der Waals surface area contributed by atoms with Crippen LogP contribution in [-0.4, -0.2) is 16.5 Å². The fourth-order valence-electron chi connectivity index (χ4n) is 1.25. The van der Waals surface area contributed by atoms with Gasteiger partial charge in [-0.3, -0.25) is 0 Å². The average Bonchev–Trinajstić information content (AvgIpc) is 2.12. The fourth-order valence-corrected chi connectivity index (χ4v) is 1.25. The lowest BCUT2D eigenvalue weighted by Gasteiger charge is -2.18. The molecular formula is C12H21N3. The van der Waals surface area contributed by atoms with Gasteiger partial charge in [0.05, 0.1) is 0 Å². The molecule has 84 valence electrons. The van der Waals surface area contributed by atoms with Gasteiger partial charge < -0.3 is 5.32 Å². The first-order valence-corrected chi connectivity index (χ1v) is 5.53. The molecule has 0 aromatic carbocycles. The third-order valence-electron chi connectivity index (χ3n) is 2.08. The summed E-state index contributed by atoms with van der Waals surface area (Å²) in [5, 5.41) is 3.30. The molecule has 0 aliphatic rings. The Morgan fingerprint density at radius 2 is 1.93 bits per heavy atom. The van der Waals surface area contributed by atoms with E-state index in [0.717, 1.165) is 30.3 Å². The Hall–Kier alpha value is -1.12. The predicted molar refractivity (Wildman–Crippen MR) is 64.2 cm³/mol. The quantitative estimate of drug-likeness (QED) is 0.828. The van der Waals surface area contributed by atoms with E-state index >= 15 is 0 Å². The van der Waals surface area contributed by atoms with E-state index in [1.807, 2.05) is 13.0 Å². The van der Waals surface area contributed by atoms with Crippen LogP contribution in [0.5, 0.6) is 0 Å². The van der Waals surface area contributed by atoms with Gasteiger partial charge in [0.15, 0.2) is 0 Å². The van der Waals surface area contributed by atoms with Gasteiger partial charge >= 0.3 is 0 Å². The predicted octanol–water partition coefficient (Wildman–Crippen LogP) is 2.90. The van der Waals surface area contributed by atoms with E-state index in [1.165, 1.54) is 0 Å². The minimum absolute atomic E-state index is 0.00860. The zero-order valence-electron chi connectivity index (χ0n) is 10.4. The molecule has 0 radical (unpaired) electrons. The minimum atomic E-state index is 0.00860. The maximum absolute atomic E-state index is 4.52. The van der Waals surface area contributed by atoms with Gasteiger partial charge in [0, 0.05) is 23.7 Å². The molecule has 0 spiro atoms. The van der Waals surface area contributed by atoms with Crippen molar-refractivity contribution < 1.29 is 0 Å². The third-order valence-corrected chi connectivity index (χ3v) is 2.08. The van der Waals surface area contributed by atoms with Crippen molar-refractivity contribution in [2.75, 3.05) is 11.9 Å². The van der Waals surface area contributed by atoms with Gasteiger partial charge in [-0.15, -0.1) is 0 Å². The molecule has 1 heterocycles. The van der Waals surface area contributed by atoms with Crippen LogP contribution in [0, 0.1) is 6.92 Å². The van der Waals surface area contributed by atoms with E-state index in [4.69, 9.17) is 0 Å². The minimum Gasteiger partial charge on any atom is -0.370 e. The Kier molecular flexibility index (Phi) is 3.66. The molecule has 3 nitrogen and oxygen atoms in total. The highest BCUT2D eigenvalue weighted by Gasteiger charge is 2.18. The highest BCUT2D eigenvalue weighted by atomic mass is 15.0. The molecule has 3 heteroatoms. The molecule has 15 heavy (non-hydrogen) atoms. The Balaban J connectivity index is 2.95. The van der Waals surface area contributed by atoms with Crippen LogP contribution in [0.1, 0.15) is 45.6 Å². The van der Waals surface area contributed by atoms with Crippen molar-refractivity contribution in [3.05, 3.63) is 17.6 Å². The van der Waals surface area contributed by atoms with Crippen LogP contribution in [-0.2, 0) is 5.41 Å². The number of hydrogen-bond acceptors (Lipinski definition) is 3. The molecule has 1 aromatic heterocycles. The number of nitrogens with one attached hydrogen (secondary N) is 1. The number of aromatic nitrogens is 2. The fraction of sp³-hybridized carbons (Fsp3) is 0.667. The molecule has 0 saturated carbocycles. The van der Waals surface area contributed by atoms with Gasteiger partial charge in [-0.25, -0.2) is 9.97 Å². The van der Waals surface area contributed by atoms with E-state index in [-0.39, 0.29) is 5.41 Å². The number of nitrogens with zero attached hydrogens (tertiary/aromatic N) is 2. The topological polar surface area (TPSA) is 37.8 Å². The highest BCUT2D eigenvalue weighted by Crippen LogP contribution is 2.20. The van der Waals surface area contributed by atoms with Gasteiger partial charge in [-0.1, -0.05) is 27.7 Å². The first kappa shape index (κ1) is 12.0.